The summed E-state index contributed by atoms with van der Waals surface area (Å²) in [7, 11) is 1.76. The van der Waals surface area contributed by atoms with Crippen molar-refractivity contribution in [3.05, 3.63) is 53.6 Å². The lowest BCUT2D eigenvalue weighted by Gasteiger charge is -2.16. The summed E-state index contributed by atoms with van der Waals surface area (Å²) in [4.78, 5) is 9.20. The van der Waals surface area contributed by atoms with Crippen molar-refractivity contribution in [3.63, 3.8) is 0 Å². The molecule has 0 spiro atoms. The lowest BCUT2D eigenvalue weighted by molar-refractivity contribution is 0.333. The molecule has 4 aromatic rings. The Morgan fingerprint density at radius 3 is 2.11 bits per heavy atom. The summed E-state index contributed by atoms with van der Waals surface area (Å²) in [6.07, 6.45) is 8.29. The SMILES string of the molecule is CCc1nnc(-c2cncc(F)c2)s1.CSCCOC(=S)N(C)c1nnc(-c2cncc(F)c2)s1. The maximum absolute atomic E-state index is 13.2. The van der Waals surface area contributed by atoms with Gasteiger partial charge in [0.15, 0.2) is 5.01 Å². The number of hydrogen-bond acceptors (Lipinski definition) is 11. The van der Waals surface area contributed by atoms with Crippen LogP contribution in [-0.4, -0.2) is 61.2 Å². The number of aryl methyl sites for hydroxylation is 1. The second-order valence-corrected chi connectivity index (χ2v) is 10.0. The number of ether oxygens (including phenoxy) is 1. The molecule has 0 saturated heterocycles. The maximum Gasteiger partial charge on any atom is 0.265 e. The molecular formula is C21H21F2N7OS4. The van der Waals surface area contributed by atoms with Crippen LogP contribution in [0.4, 0.5) is 13.9 Å². The minimum absolute atomic E-state index is 0.337. The van der Waals surface area contributed by atoms with E-state index >= 15 is 0 Å². The fourth-order valence-corrected chi connectivity index (χ4v) is 4.45. The largest absolute Gasteiger partial charge is 0.470 e. The molecule has 184 valence electrons. The minimum atomic E-state index is -0.409. The van der Waals surface area contributed by atoms with E-state index in [-0.39, 0.29) is 5.82 Å². The van der Waals surface area contributed by atoms with Gasteiger partial charge in [-0.3, -0.25) is 14.9 Å². The van der Waals surface area contributed by atoms with Crippen LogP contribution in [0, 0.1) is 11.6 Å². The average Bonchev–Trinajstić information content (AvgIpc) is 3.54. The van der Waals surface area contributed by atoms with Crippen molar-refractivity contribution in [2.75, 3.05) is 30.6 Å². The monoisotopic (exact) mass is 553 g/mol. The quantitative estimate of drug-likeness (QED) is 0.226. The van der Waals surface area contributed by atoms with E-state index in [9.17, 15) is 8.78 Å². The van der Waals surface area contributed by atoms with E-state index < -0.39 is 5.82 Å². The van der Waals surface area contributed by atoms with Crippen LogP contribution in [0.3, 0.4) is 0 Å². The minimum Gasteiger partial charge on any atom is -0.470 e. The Morgan fingerprint density at radius 1 is 0.971 bits per heavy atom. The summed E-state index contributed by atoms with van der Waals surface area (Å²) in [6, 6.07) is 2.78. The first-order valence-corrected chi connectivity index (χ1v) is 13.6. The second-order valence-electron chi connectivity index (χ2n) is 6.69. The Morgan fingerprint density at radius 2 is 1.57 bits per heavy atom. The van der Waals surface area contributed by atoms with Gasteiger partial charge in [-0.1, -0.05) is 29.6 Å². The molecule has 0 saturated carbocycles. The van der Waals surface area contributed by atoms with Crippen molar-refractivity contribution in [2.45, 2.75) is 13.3 Å². The van der Waals surface area contributed by atoms with Gasteiger partial charge in [-0.15, -0.1) is 20.4 Å². The highest BCUT2D eigenvalue weighted by Gasteiger charge is 2.15. The molecule has 4 aromatic heterocycles. The van der Waals surface area contributed by atoms with Crippen LogP contribution in [0.15, 0.2) is 36.9 Å². The zero-order valence-electron chi connectivity index (χ0n) is 19.0. The van der Waals surface area contributed by atoms with Crippen LogP contribution >= 0.6 is 46.7 Å². The summed E-state index contributed by atoms with van der Waals surface area (Å²) in [6.45, 7) is 2.55. The van der Waals surface area contributed by atoms with E-state index in [2.05, 4.69) is 30.4 Å². The van der Waals surface area contributed by atoms with Gasteiger partial charge in [-0.05, 0) is 37.0 Å². The molecule has 0 amide bonds. The molecule has 0 aliphatic heterocycles. The zero-order valence-corrected chi connectivity index (χ0v) is 22.3. The van der Waals surface area contributed by atoms with E-state index in [1.54, 1.807) is 36.1 Å². The Kier molecular flexibility index (Phi) is 10.3. The Balaban J connectivity index is 0.000000211. The van der Waals surface area contributed by atoms with Crippen LogP contribution in [0.25, 0.3) is 21.1 Å². The Hall–Kier alpha value is -2.68. The number of hydrogen-bond donors (Lipinski definition) is 0. The Labute approximate surface area is 218 Å². The first-order chi connectivity index (χ1) is 16.9. The van der Waals surface area contributed by atoms with Gasteiger partial charge in [0.1, 0.15) is 21.6 Å². The predicted octanol–water partition coefficient (Wildman–Crippen LogP) is 5.14. The first-order valence-electron chi connectivity index (χ1n) is 10.2. The van der Waals surface area contributed by atoms with E-state index in [4.69, 9.17) is 17.0 Å². The van der Waals surface area contributed by atoms with Gasteiger partial charge >= 0.3 is 0 Å². The van der Waals surface area contributed by atoms with Gasteiger partial charge in [-0.25, -0.2) is 8.78 Å². The van der Waals surface area contributed by atoms with Crippen molar-refractivity contribution >= 4 is 57.0 Å². The summed E-state index contributed by atoms with van der Waals surface area (Å²) in [5, 5.41) is 19.2. The Bertz CT molecular complexity index is 1250. The number of nitrogens with zero attached hydrogens (tertiary/aromatic N) is 7. The molecule has 0 aromatic carbocycles. The predicted molar refractivity (Wildman–Crippen MR) is 141 cm³/mol. The molecule has 14 heteroatoms. The van der Waals surface area contributed by atoms with Crippen LogP contribution in [0.2, 0.25) is 0 Å². The first kappa shape index (κ1) is 26.9. The van der Waals surface area contributed by atoms with E-state index in [1.165, 1.54) is 41.0 Å². The number of aromatic nitrogens is 6. The van der Waals surface area contributed by atoms with Gasteiger partial charge in [0.25, 0.3) is 5.17 Å². The number of rotatable bonds is 7. The van der Waals surface area contributed by atoms with Crippen LogP contribution in [-0.2, 0) is 11.2 Å². The number of halogens is 2. The number of thioether (sulfide) groups is 1. The van der Waals surface area contributed by atoms with Crippen LogP contribution < -0.4 is 4.90 Å². The molecule has 8 nitrogen and oxygen atoms in total. The highest BCUT2D eigenvalue weighted by molar-refractivity contribution is 7.98. The van der Waals surface area contributed by atoms with E-state index in [1.807, 2.05) is 13.2 Å². The molecule has 0 bridgehead atoms. The maximum atomic E-state index is 13.2. The topological polar surface area (TPSA) is 89.8 Å². The third-order valence-electron chi connectivity index (χ3n) is 4.16. The summed E-state index contributed by atoms with van der Waals surface area (Å²) >= 11 is 9.62. The van der Waals surface area contributed by atoms with Gasteiger partial charge in [0.2, 0.25) is 5.13 Å². The van der Waals surface area contributed by atoms with Crippen molar-refractivity contribution in [1.82, 2.24) is 30.4 Å². The summed E-state index contributed by atoms with van der Waals surface area (Å²) in [5.74, 6) is 0.105. The van der Waals surface area contributed by atoms with Gasteiger partial charge in [0, 0.05) is 36.3 Å². The molecular weight excluding hydrogens is 533 g/mol. The van der Waals surface area contributed by atoms with Gasteiger partial charge in [-0.2, -0.15) is 11.8 Å². The smallest absolute Gasteiger partial charge is 0.265 e. The number of anilines is 1. The fraction of sp³-hybridized carbons (Fsp3) is 0.286. The van der Waals surface area contributed by atoms with Crippen molar-refractivity contribution in [1.29, 1.82) is 0 Å². The molecule has 0 fully saturated rings. The van der Waals surface area contributed by atoms with Crippen LogP contribution in [0.1, 0.15) is 11.9 Å². The average molecular weight is 554 g/mol. The lowest BCUT2D eigenvalue weighted by Crippen LogP contribution is -2.27. The van der Waals surface area contributed by atoms with Crippen LogP contribution in [0.5, 0.6) is 0 Å². The number of pyridine rings is 2. The van der Waals surface area contributed by atoms with E-state index in [0.29, 0.717) is 38.1 Å². The standard InChI is InChI=1S/C12H13FN4OS3.C9H8FN3S/c1-17(12(19)18-3-4-20-2)11-16-15-10(21-11)8-5-9(13)7-14-6-8;1-2-8-12-13-9(14-8)6-3-7(10)5-11-4-6/h5-7H,3-4H2,1-2H3;3-5H,2H2,1H3. The van der Waals surface area contributed by atoms with Crippen molar-refractivity contribution in [3.8, 4) is 21.1 Å². The zero-order chi connectivity index (χ0) is 25.2. The fourth-order valence-electron chi connectivity index (χ4n) is 2.43. The molecule has 4 heterocycles. The number of thiocarbonyl (C=S) groups is 1. The van der Waals surface area contributed by atoms with Gasteiger partial charge in [0.05, 0.1) is 19.0 Å². The third-order valence-corrected chi connectivity index (χ3v) is 7.29. The summed E-state index contributed by atoms with van der Waals surface area (Å²) < 4.78 is 31.4. The highest BCUT2D eigenvalue weighted by Crippen LogP contribution is 2.28. The highest BCUT2D eigenvalue weighted by atomic mass is 32.2. The molecule has 35 heavy (non-hydrogen) atoms. The van der Waals surface area contributed by atoms with Crippen molar-refractivity contribution in [2.24, 2.45) is 0 Å². The molecule has 0 aliphatic carbocycles. The van der Waals surface area contributed by atoms with Crippen molar-refractivity contribution < 1.29 is 13.5 Å². The van der Waals surface area contributed by atoms with E-state index in [0.717, 1.165) is 23.4 Å². The molecule has 0 unspecified atom stereocenters. The molecule has 0 aliphatic rings. The normalized spacial score (nSPS) is 10.4. The summed E-state index contributed by atoms with van der Waals surface area (Å²) in [5.41, 5.74) is 1.27. The molecule has 4 rings (SSSR count). The molecule has 0 radical (unpaired) electrons. The lowest BCUT2D eigenvalue weighted by atomic mass is 10.3. The third kappa shape index (κ3) is 7.92. The second kappa shape index (κ2) is 13.4. The molecule has 0 atom stereocenters. The molecule has 0 N–H and O–H groups in total. The van der Waals surface area contributed by atoms with Gasteiger partial charge < -0.3 is 4.74 Å².